The molecule has 5 heteroatoms. The van der Waals surface area contributed by atoms with Gasteiger partial charge in [0.15, 0.2) is 0 Å². The summed E-state index contributed by atoms with van der Waals surface area (Å²) in [7, 11) is 0. The lowest BCUT2D eigenvalue weighted by Gasteiger charge is -2.34. The summed E-state index contributed by atoms with van der Waals surface area (Å²) in [6.07, 6.45) is 2.84. The predicted molar refractivity (Wildman–Crippen MR) is 72.8 cm³/mol. The minimum absolute atomic E-state index is 0.0908. The third-order valence-corrected chi connectivity index (χ3v) is 4.23. The Morgan fingerprint density at radius 1 is 1.47 bits per heavy atom. The van der Waals surface area contributed by atoms with Gasteiger partial charge in [0.05, 0.1) is 19.8 Å². The van der Waals surface area contributed by atoms with E-state index in [1.54, 1.807) is 0 Å². The number of hydrogen-bond acceptors (Lipinski definition) is 4. The molecule has 110 valence electrons. The Morgan fingerprint density at radius 3 is 2.63 bits per heavy atom. The van der Waals surface area contributed by atoms with Crippen LogP contribution in [0.2, 0.25) is 0 Å². The number of morpholine rings is 1. The van der Waals surface area contributed by atoms with E-state index in [0.29, 0.717) is 38.6 Å². The molecule has 0 aromatic heterocycles. The molecule has 2 unspecified atom stereocenters. The number of ether oxygens (including phenoxy) is 1. The lowest BCUT2D eigenvalue weighted by molar-refractivity contribution is -0.135. The Kier molecular flexibility index (Phi) is 4.81. The molecular formula is C14H26N2O3. The SMILES string of the molecule is CC(CC(=O)N1CCOCC1)NC(C)(CO)C1CC1. The summed E-state index contributed by atoms with van der Waals surface area (Å²) < 4.78 is 5.25. The number of aliphatic hydroxyl groups is 1. The van der Waals surface area contributed by atoms with Crippen LogP contribution in [0, 0.1) is 5.92 Å². The number of hydrogen-bond donors (Lipinski definition) is 2. The Labute approximate surface area is 115 Å². The van der Waals surface area contributed by atoms with Crippen molar-refractivity contribution in [1.29, 1.82) is 0 Å². The minimum atomic E-state index is -0.231. The normalized spacial score (nSPS) is 24.9. The lowest BCUT2D eigenvalue weighted by atomic mass is 9.95. The van der Waals surface area contributed by atoms with Crippen LogP contribution in [0.15, 0.2) is 0 Å². The standard InChI is InChI=1S/C14H26N2O3/c1-11(15-14(2,10-17)12-3-4-12)9-13(18)16-5-7-19-8-6-16/h11-12,15,17H,3-10H2,1-2H3. The average molecular weight is 270 g/mol. The molecule has 0 bridgehead atoms. The summed E-state index contributed by atoms with van der Waals surface area (Å²) in [5.74, 6) is 0.734. The topological polar surface area (TPSA) is 61.8 Å². The summed E-state index contributed by atoms with van der Waals surface area (Å²) in [5, 5.41) is 13.0. The van der Waals surface area contributed by atoms with Crippen LogP contribution in [-0.4, -0.2) is 60.4 Å². The van der Waals surface area contributed by atoms with Crippen LogP contribution in [0.25, 0.3) is 0 Å². The highest BCUT2D eigenvalue weighted by Gasteiger charge is 2.41. The summed E-state index contributed by atoms with van der Waals surface area (Å²) >= 11 is 0. The molecule has 0 aromatic rings. The molecule has 2 N–H and O–H groups in total. The molecular weight excluding hydrogens is 244 g/mol. The largest absolute Gasteiger partial charge is 0.394 e. The maximum atomic E-state index is 12.1. The van der Waals surface area contributed by atoms with E-state index >= 15 is 0 Å². The second kappa shape index (κ2) is 6.20. The molecule has 19 heavy (non-hydrogen) atoms. The Morgan fingerprint density at radius 2 is 2.11 bits per heavy atom. The fourth-order valence-corrected chi connectivity index (χ4v) is 2.83. The van der Waals surface area contributed by atoms with E-state index in [0.717, 1.165) is 0 Å². The van der Waals surface area contributed by atoms with Gasteiger partial charge in [0.25, 0.3) is 0 Å². The van der Waals surface area contributed by atoms with E-state index in [1.165, 1.54) is 12.8 Å². The molecule has 1 amide bonds. The first-order valence-electron chi connectivity index (χ1n) is 7.29. The Hall–Kier alpha value is -0.650. The lowest BCUT2D eigenvalue weighted by Crippen LogP contribution is -2.53. The number of nitrogens with zero attached hydrogens (tertiary/aromatic N) is 1. The Bertz CT molecular complexity index is 314. The molecule has 2 rings (SSSR count). The van der Waals surface area contributed by atoms with Gasteiger partial charge in [0.2, 0.25) is 5.91 Å². The van der Waals surface area contributed by atoms with Gasteiger partial charge in [-0.1, -0.05) is 0 Å². The van der Waals surface area contributed by atoms with Gasteiger partial charge >= 0.3 is 0 Å². The first-order chi connectivity index (χ1) is 9.05. The molecule has 2 atom stereocenters. The van der Waals surface area contributed by atoms with Gasteiger partial charge in [-0.3, -0.25) is 4.79 Å². The molecule has 1 saturated heterocycles. The first-order valence-corrected chi connectivity index (χ1v) is 7.29. The van der Waals surface area contributed by atoms with Gasteiger partial charge in [-0.2, -0.15) is 0 Å². The Balaban J connectivity index is 1.79. The zero-order valence-corrected chi connectivity index (χ0v) is 12.0. The van der Waals surface area contributed by atoms with E-state index in [-0.39, 0.29) is 24.1 Å². The molecule has 1 saturated carbocycles. The second-order valence-corrected chi connectivity index (χ2v) is 6.09. The molecule has 2 fully saturated rings. The summed E-state index contributed by atoms with van der Waals surface area (Å²) in [4.78, 5) is 14.0. The van der Waals surface area contributed by atoms with Gasteiger partial charge in [-0.15, -0.1) is 0 Å². The maximum Gasteiger partial charge on any atom is 0.224 e. The van der Waals surface area contributed by atoms with Crippen molar-refractivity contribution < 1.29 is 14.6 Å². The van der Waals surface area contributed by atoms with Crippen molar-refractivity contribution in [2.75, 3.05) is 32.9 Å². The smallest absolute Gasteiger partial charge is 0.224 e. The van der Waals surface area contributed by atoms with Crippen molar-refractivity contribution in [1.82, 2.24) is 10.2 Å². The monoisotopic (exact) mass is 270 g/mol. The van der Waals surface area contributed by atoms with E-state index < -0.39 is 0 Å². The quantitative estimate of drug-likeness (QED) is 0.732. The molecule has 0 spiro atoms. The van der Waals surface area contributed by atoms with E-state index in [9.17, 15) is 9.90 Å². The maximum absolute atomic E-state index is 12.1. The van der Waals surface area contributed by atoms with Crippen LogP contribution < -0.4 is 5.32 Å². The molecule has 0 radical (unpaired) electrons. The van der Waals surface area contributed by atoms with Gasteiger partial charge in [0, 0.05) is 31.1 Å². The zero-order chi connectivity index (χ0) is 13.9. The van der Waals surface area contributed by atoms with Crippen molar-refractivity contribution in [3.05, 3.63) is 0 Å². The van der Waals surface area contributed by atoms with Crippen molar-refractivity contribution >= 4 is 5.91 Å². The fourth-order valence-electron chi connectivity index (χ4n) is 2.83. The van der Waals surface area contributed by atoms with Crippen LogP contribution >= 0.6 is 0 Å². The molecule has 2 aliphatic rings. The third kappa shape index (κ3) is 3.91. The number of carbonyl (C=O) groups excluding carboxylic acids is 1. The van der Waals surface area contributed by atoms with Crippen LogP contribution in [0.5, 0.6) is 0 Å². The average Bonchev–Trinajstić information content (AvgIpc) is 3.24. The van der Waals surface area contributed by atoms with Gasteiger partial charge < -0.3 is 20.1 Å². The van der Waals surface area contributed by atoms with Crippen molar-refractivity contribution in [2.24, 2.45) is 5.92 Å². The summed E-state index contributed by atoms with van der Waals surface area (Å²) in [5.41, 5.74) is -0.231. The number of nitrogens with one attached hydrogen (secondary N) is 1. The summed E-state index contributed by atoms with van der Waals surface area (Å²) in [6.45, 7) is 6.90. The minimum Gasteiger partial charge on any atom is -0.394 e. The summed E-state index contributed by atoms with van der Waals surface area (Å²) in [6, 6.07) is 0.0908. The molecule has 1 aliphatic carbocycles. The van der Waals surface area contributed by atoms with E-state index in [4.69, 9.17) is 4.74 Å². The van der Waals surface area contributed by atoms with E-state index in [1.807, 2.05) is 11.8 Å². The highest BCUT2D eigenvalue weighted by Crippen LogP contribution is 2.39. The van der Waals surface area contributed by atoms with E-state index in [2.05, 4.69) is 12.2 Å². The highest BCUT2D eigenvalue weighted by atomic mass is 16.5. The van der Waals surface area contributed by atoms with Gasteiger partial charge in [-0.05, 0) is 32.6 Å². The highest BCUT2D eigenvalue weighted by molar-refractivity contribution is 5.76. The number of amides is 1. The molecule has 0 aromatic carbocycles. The second-order valence-electron chi connectivity index (χ2n) is 6.09. The fraction of sp³-hybridized carbons (Fsp3) is 0.929. The van der Waals surface area contributed by atoms with Crippen molar-refractivity contribution in [3.8, 4) is 0 Å². The first kappa shape index (κ1) is 14.8. The number of carbonyl (C=O) groups is 1. The molecule has 1 aliphatic heterocycles. The van der Waals surface area contributed by atoms with Crippen molar-refractivity contribution in [3.63, 3.8) is 0 Å². The number of aliphatic hydroxyl groups excluding tert-OH is 1. The third-order valence-electron chi connectivity index (χ3n) is 4.23. The molecule has 5 nitrogen and oxygen atoms in total. The molecule has 1 heterocycles. The van der Waals surface area contributed by atoms with Crippen LogP contribution in [0.3, 0.4) is 0 Å². The van der Waals surface area contributed by atoms with Crippen LogP contribution in [0.4, 0.5) is 0 Å². The van der Waals surface area contributed by atoms with Crippen LogP contribution in [0.1, 0.15) is 33.1 Å². The van der Waals surface area contributed by atoms with Gasteiger partial charge in [-0.25, -0.2) is 0 Å². The van der Waals surface area contributed by atoms with Crippen LogP contribution in [-0.2, 0) is 9.53 Å². The van der Waals surface area contributed by atoms with Gasteiger partial charge in [0.1, 0.15) is 0 Å². The predicted octanol–water partition coefficient (Wildman–Crippen LogP) is 0.374. The van der Waals surface area contributed by atoms with Crippen molar-refractivity contribution in [2.45, 2.75) is 44.7 Å². The zero-order valence-electron chi connectivity index (χ0n) is 12.0. The number of rotatable bonds is 6.